The van der Waals surface area contributed by atoms with Crippen LogP contribution >= 0.6 is 0 Å². The number of ether oxygens (including phenoxy) is 3. The first-order valence-corrected chi connectivity index (χ1v) is 7.80. The zero-order valence-corrected chi connectivity index (χ0v) is 14.4. The number of fused-ring (bicyclic) bond motifs is 1. The minimum Gasteiger partial charge on any atom is -0.507 e. The number of ketones is 2. The van der Waals surface area contributed by atoms with Crippen LogP contribution in [-0.2, 0) is 25.4 Å². The Balaban J connectivity index is 2.29. The molecule has 0 spiro atoms. The topological polar surface area (TPSA) is 99.1 Å². The highest BCUT2D eigenvalue weighted by molar-refractivity contribution is 6.30. The van der Waals surface area contributed by atoms with Gasteiger partial charge in [-0.05, 0) is 30.5 Å². The number of methoxy groups -OCH3 is 2. The second kappa shape index (κ2) is 5.79. The number of phenolic OH excluding ortho intramolecular Hbond substituents is 1. The van der Waals surface area contributed by atoms with Gasteiger partial charge in [0.15, 0.2) is 11.6 Å². The quantitative estimate of drug-likeness (QED) is 0.828. The Hall–Kier alpha value is -2.51. The molecule has 0 saturated carbocycles. The lowest BCUT2D eigenvalue weighted by Crippen LogP contribution is -2.46. The van der Waals surface area contributed by atoms with Crippen molar-refractivity contribution in [3.8, 4) is 5.75 Å². The van der Waals surface area contributed by atoms with Gasteiger partial charge in [0, 0.05) is 18.2 Å². The molecule has 1 atom stereocenters. The van der Waals surface area contributed by atoms with Gasteiger partial charge in [-0.25, -0.2) is 4.79 Å². The number of benzene rings is 1. The molecule has 0 fully saturated rings. The van der Waals surface area contributed by atoms with Crippen LogP contribution < -0.4 is 0 Å². The highest BCUT2D eigenvalue weighted by Crippen LogP contribution is 2.44. The number of aryl methyl sites for hydroxylation is 1. The van der Waals surface area contributed by atoms with Crippen molar-refractivity contribution in [3.05, 3.63) is 39.5 Å². The molecule has 0 radical (unpaired) electrons. The number of esters is 1. The molecule has 25 heavy (non-hydrogen) atoms. The van der Waals surface area contributed by atoms with E-state index in [2.05, 4.69) is 0 Å². The molecule has 1 aromatic carbocycles. The molecule has 1 aliphatic carbocycles. The fourth-order valence-corrected chi connectivity index (χ4v) is 3.51. The number of rotatable bonds is 3. The van der Waals surface area contributed by atoms with Crippen molar-refractivity contribution >= 4 is 17.5 Å². The third-order valence-electron chi connectivity index (χ3n) is 4.75. The first-order chi connectivity index (χ1) is 11.8. The van der Waals surface area contributed by atoms with Gasteiger partial charge in [-0.3, -0.25) is 9.59 Å². The molecule has 1 N–H and O–H groups in total. The molecule has 1 aliphatic heterocycles. The Kier molecular flexibility index (Phi) is 4.01. The first kappa shape index (κ1) is 17.3. The summed E-state index contributed by atoms with van der Waals surface area (Å²) in [5.74, 6) is -4.41. The molecule has 1 unspecified atom stereocenters. The van der Waals surface area contributed by atoms with Crippen molar-refractivity contribution in [2.24, 2.45) is 0 Å². The average Bonchev–Trinajstić information content (AvgIpc) is 3.00. The van der Waals surface area contributed by atoms with Crippen LogP contribution in [0.1, 0.15) is 38.8 Å². The molecule has 3 rings (SSSR count). The van der Waals surface area contributed by atoms with Crippen molar-refractivity contribution in [3.63, 3.8) is 0 Å². The number of phenols is 1. The van der Waals surface area contributed by atoms with Crippen molar-refractivity contribution in [1.29, 1.82) is 0 Å². The molecule has 2 aliphatic rings. The second-order valence-electron chi connectivity index (χ2n) is 5.91. The monoisotopic (exact) mass is 346 g/mol. The van der Waals surface area contributed by atoms with Gasteiger partial charge in [0.2, 0.25) is 0 Å². The Bertz CT molecular complexity index is 849. The molecule has 7 nitrogen and oxygen atoms in total. The van der Waals surface area contributed by atoms with Gasteiger partial charge in [0.05, 0.1) is 24.9 Å². The lowest BCUT2D eigenvalue weighted by molar-refractivity contribution is -0.210. The van der Waals surface area contributed by atoms with Crippen molar-refractivity contribution < 1.29 is 33.7 Å². The SMILES string of the molecule is CCc1c(C)cc2c(c1O)C(=O)C1=C(COC1(OC)C(=O)OC)C2=O. The number of hydrogen-bond donors (Lipinski definition) is 1. The summed E-state index contributed by atoms with van der Waals surface area (Å²) in [6.45, 7) is 3.35. The zero-order valence-electron chi connectivity index (χ0n) is 14.4. The predicted octanol–water partition coefficient (Wildman–Crippen LogP) is 1.48. The van der Waals surface area contributed by atoms with Gasteiger partial charge in [-0.15, -0.1) is 0 Å². The molecular weight excluding hydrogens is 328 g/mol. The Labute approximate surface area is 144 Å². The van der Waals surface area contributed by atoms with Crippen LogP contribution in [0.25, 0.3) is 0 Å². The Morgan fingerprint density at radius 3 is 2.56 bits per heavy atom. The predicted molar refractivity (Wildman–Crippen MR) is 85.6 cm³/mol. The molecular formula is C18H18O7. The maximum absolute atomic E-state index is 13.1. The van der Waals surface area contributed by atoms with Gasteiger partial charge in [0.1, 0.15) is 5.75 Å². The van der Waals surface area contributed by atoms with Gasteiger partial charge < -0.3 is 19.3 Å². The van der Waals surface area contributed by atoms with E-state index < -0.39 is 23.3 Å². The molecule has 0 aromatic heterocycles. The average molecular weight is 346 g/mol. The van der Waals surface area contributed by atoms with Crippen molar-refractivity contribution in [2.45, 2.75) is 26.1 Å². The van der Waals surface area contributed by atoms with E-state index in [0.717, 1.165) is 7.11 Å². The van der Waals surface area contributed by atoms with E-state index >= 15 is 0 Å². The summed E-state index contributed by atoms with van der Waals surface area (Å²) in [4.78, 5) is 38.2. The number of carbonyl (C=O) groups excluding carboxylic acids is 3. The summed E-state index contributed by atoms with van der Waals surface area (Å²) < 4.78 is 15.3. The molecule has 1 heterocycles. The van der Waals surface area contributed by atoms with Crippen LogP contribution in [0.4, 0.5) is 0 Å². The maximum Gasteiger partial charge on any atom is 0.371 e. The standard InChI is InChI=1S/C18H18O7/c1-5-9-8(2)6-10-12(15(9)20)16(21)13-11(14(10)19)7-25-18(13,24-4)17(22)23-3/h6,20H,5,7H2,1-4H3. The zero-order chi connectivity index (χ0) is 18.5. The van der Waals surface area contributed by atoms with E-state index in [9.17, 15) is 19.5 Å². The number of carbonyl (C=O) groups is 3. The summed E-state index contributed by atoms with van der Waals surface area (Å²) in [7, 11) is 2.32. The molecule has 7 heteroatoms. The van der Waals surface area contributed by atoms with Gasteiger partial charge in [-0.1, -0.05) is 6.92 Å². The lowest BCUT2D eigenvalue weighted by atomic mass is 9.79. The van der Waals surface area contributed by atoms with Crippen LogP contribution in [0.2, 0.25) is 0 Å². The van der Waals surface area contributed by atoms with Crippen LogP contribution in [-0.4, -0.2) is 49.3 Å². The summed E-state index contributed by atoms with van der Waals surface area (Å²) >= 11 is 0. The van der Waals surface area contributed by atoms with Crippen LogP contribution in [0.5, 0.6) is 5.75 Å². The molecule has 1 aromatic rings. The Morgan fingerprint density at radius 1 is 1.32 bits per heavy atom. The molecule has 132 valence electrons. The van der Waals surface area contributed by atoms with Crippen LogP contribution in [0.3, 0.4) is 0 Å². The van der Waals surface area contributed by atoms with E-state index in [1.165, 1.54) is 7.11 Å². The fraction of sp³-hybridized carbons (Fsp3) is 0.389. The first-order valence-electron chi connectivity index (χ1n) is 7.80. The summed E-state index contributed by atoms with van der Waals surface area (Å²) in [6, 6.07) is 1.59. The van der Waals surface area contributed by atoms with Crippen molar-refractivity contribution in [2.75, 3.05) is 20.8 Å². The largest absolute Gasteiger partial charge is 0.507 e. The summed E-state index contributed by atoms with van der Waals surface area (Å²) in [5, 5.41) is 10.6. The van der Waals surface area contributed by atoms with Gasteiger partial charge in [0.25, 0.3) is 0 Å². The highest BCUT2D eigenvalue weighted by Gasteiger charge is 2.57. The van der Waals surface area contributed by atoms with E-state index in [-0.39, 0.29) is 34.6 Å². The maximum atomic E-state index is 13.1. The van der Waals surface area contributed by atoms with Crippen molar-refractivity contribution in [1.82, 2.24) is 0 Å². The van der Waals surface area contributed by atoms with Gasteiger partial charge in [-0.2, -0.15) is 0 Å². The molecule has 0 saturated heterocycles. The summed E-state index contributed by atoms with van der Waals surface area (Å²) in [5.41, 5.74) is 1.10. The van der Waals surface area contributed by atoms with Crippen LogP contribution in [0.15, 0.2) is 17.2 Å². The van der Waals surface area contributed by atoms with Crippen LogP contribution in [0, 0.1) is 6.92 Å². The smallest absolute Gasteiger partial charge is 0.371 e. The number of aromatic hydroxyl groups is 1. The van der Waals surface area contributed by atoms with Gasteiger partial charge >= 0.3 is 11.8 Å². The molecule has 0 amide bonds. The lowest BCUT2D eigenvalue weighted by Gasteiger charge is -2.28. The van der Waals surface area contributed by atoms with E-state index in [0.29, 0.717) is 17.5 Å². The summed E-state index contributed by atoms with van der Waals surface area (Å²) in [6.07, 6.45) is 0.487. The third kappa shape index (κ3) is 2.09. The van der Waals surface area contributed by atoms with E-state index in [1.54, 1.807) is 13.0 Å². The number of Topliss-reactive ketones (excluding diaryl/α,β-unsaturated/α-hetero) is 2. The minimum atomic E-state index is -2.10. The fourth-order valence-electron chi connectivity index (χ4n) is 3.51. The highest BCUT2D eigenvalue weighted by atomic mass is 16.7. The van der Waals surface area contributed by atoms with E-state index in [4.69, 9.17) is 14.2 Å². The minimum absolute atomic E-state index is 0.0489. The normalized spacial score (nSPS) is 22.1. The third-order valence-corrected chi connectivity index (χ3v) is 4.75. The van der Waals surface area contributed by atoms with E-state index in [1.807, 2.05) is 6.92 Å². The molecule has 0 bridgehead atoms. The number of hydrogen-bond acceptors (Lipinski definition) is 7. The Morgan fingerprint density at radius 2 is 2.00 bits per heavy atom. The second-order valence-corrected chi connectivity index (χ2v) is 5.91.